The van der Waals surface area contributed by atoms with Crippen LogP contribution < -0.4 is 5.32 Å². The average Bonchev–Trinajstić information content (AvgIpc) is 3.28. The summed E-state index contributed by atoms with van der Waals surface area (Å²) in [4.78, 5) is 17.7. The Morgan fingerprint density at radius 1 is 1.42 bits per heavy atom. The third kappa shape index (κ3) is 2.53. The molecular formula is C15H15N7O2. The number of fused-ring (bicyclic) bond motifs is 1. The van der Waals surface area contributed by atoms with Gasteiger partial charge in [-0.25, -0.2) is 0 Å². The lowest BCUT2D eigenvalue weighted by molar-refractivity contribution is 0.0926. The zero-order valence-electron chi connectivity index (χ0n) is 13.2. The van der Waals surface area contributed by atoms with Gasteiger partial charge in [0.05, 0.1) is 13.1 Å². The smallest absolute Gasteiger partial charge is 0.293 e. The second-order valence-corrected chi connectivity index (χ2v) is 5.72. The minimum atomic E-state index is -0.321. The number of rotatable bonds is 3. The highest BCUT2D eigenvalue weighted by Gasteiger charge is 2.26. The van der Waals surface area contributed by atoms with Crippen LogP contribution >= 0.6 is 0 Å². The molecule has 1 atom stereocenters. The van der Waals surface area contributed by atoms with Crippen LogP contribution in [0.3, 0.4) is 0 Å². The van der Waals surface area contributed by atoms with Crippen LogP contribution in [0.1, 0.15) is 40.1 Å². The molecule has 24 heavy (non-hydrogen) atoms. The van der Waals surface area contributed by atoms with Gasteiger partial charge in [0.2, 0.25) is 11.7 Å². The Labute approximate surface area is 137 Å². The molecule has 0 bridgehead atoms. The Morgan fingerprint density at radius 2 is 2.29 bits per heavy atom. The third-order valence-electron chi connectivity index (χ3n) is 4.02. The number of carbonyl (C=O) groups is 1. The number of tetrazole rings is 1. The first-order chi connectivity index (χ1) is 11.6. The molecule has 1 N–H and O–H groups in total. The maximum absolute atomic E-state index is 12.2. The van der Waals surface area contributed by atoms with Gasteiger partial charge in [0, 0.05) is 12.5 Å². The van der Waals surface area contributed by atoms with Crippen LogP contribution in [0.25, 0.3) is 11.4 Å². The van der Waals surface area contributed by atoms with Crippen molar-refractivity contribution in [3.8, 4) is 11.4 Å². The van der Waals surface area contributed by atoms with Crippen molar-refractivity contribution < 1.29 is 9.32 Å². The number of carbonyl (C=O) groups excluding carboxylic acids is 1. The molecule has 4 rings (SSSR count). The summed E-state index contributed by atoms with van der Waals surface area (Å²) in [7, 11) is 1.62. The van der Waals surface area contributed by atoms with Crippen molar-refractivity contribution in [2.24, 2.45) is 7.05 Å². The summed E-state index contributed by atoms with van der Waals surface area (Å²) in [5.74, 6) is 0.863. The third-order valence-corrected chi connectivity index (χ3v) is 4.02. The standard InChI is InChI=1S/C15H15N7O2/c1-8-16-13(20-24-8)10-3-5-11-9(7-10)4-6-12(11)17-15(23)14-18-21-22(2)19-14/h3,5,7,12H,4,6H2,1-2H3,(H,17,23). The Morgan fingerprint density at radius 3 is 3.00 bits per heavy atom. The lowest BCUT2D eigenvalue weighted by Crippen LogP contribution is -2.28. The van der Waals surface area contributed by atoms with Gasteiger partial charge in [-0.15, -0.1) is 10.2 Å². The van der Waals surface area contributed by atoms with E-state index in [0.29, 0.717) is 11.7 Å². The highest BCUT2D eigenvalue weighted by molar-refractivity contribution is 5.90. The number of amides is 1. The molecule has 3 aromatic rings. The van der Waals surface area contributed by atoms with Crippen molar-refractivity contribution in [3.63, 3.8) is 0 Å². The summed E-state index contributed by atoms with van der Waals surface area (Å²) in [6, 6.07) is 5.93. The lowest BCUT2D eigenvalue weighted by atomic mass is 10.0. The molecule has 0 fully saturated rings. The molecule has 2 aromatic heterocycles. The maximum Gasteiger partial charge on any atom is 0.293 e. The van der Waals surface area contributed by atoms with Crippen molar-refractivity contribution in [2.45, 2.75) is 25.8 Å². The minimum Gasteiger partial charge on any atom is -0.342 e. The van der Waals surface area contributed by atoms with Crippen molar-refractivity contribution in [3.05, 3.63) is 41.0 Å². The first-order valence-electron chi connectivity index (χ1n) is 7.58. The fourth-order valence-corrected chi connectivity index (χ4v) is 2.92. The van der Waals surface area contributed by atoms with Crippen LogP contribution in [0.2, 0.25) is 0 Å². The largest absolute Gasteiger partial charge is 0.342 e. The van der Waals surface area contributed by atoms with E-state index in [1.54, 1.807) is 14.0 Å². The molecule has 1 amide bonds. The number of aryl methyl sites for hydroxylation is 3. The monoisotopic (exact) mass is 325 g/mol. The van der Waals surface area contributed by atoms with Crippen molar-refractivity contribution in [1.29, 1.82) is 0 Å². The molecule has 2 heterocycles. The van der Waals surface area contributed by atoms with Crippen LogP contribution in [0.15, 0.2) is 22.7 Å². The lowest BCUT2D eigenvalue weighted by Gasteiger charge is -2.12. The van der Waals surface area contributed by atoms with Gasteiger partial charge in [-0.1, -0.05) is 17.3 Å². The zero-order chi connectivity index (χ0) is 16.7. The maximum atomic E-state index is 12.2. The molecule has 1 aliphatic rings. The Bertz CT molecular complexity index is 914. The number of nitrogens with zero attached hydrogens (tertiary/aromatic N) is 6. The Hall–Kier alpha value is -3.10. The predicted octanol–water partition coefficient (Wildman–Crippen LogP) is 0.986. The van der Waals surface area contributed by atoms with Gasteiger partial charge in [0.25, 0.3) is 11.7 Å². The van der Waals surface area contributed by atoms with Crippen molar-refractivity contribution in [1.82, 2.24) is 35.7 Å². The highest BCUT2D eigenvalue weighted by Crippen LogP contribution is 2.33. The van der Waals surface area contributed by atoms with E-state index in [-0.39, 0.29) is 17.8 Å². The molecule has 0 aliphatic heterocycles. The molecule has 1 aliphatic carbocycles. The SMILES string of the molecule is Cc1nc(-c2ccc3c(c2)CCC3NC(=O)c2nnn(C)n2)no1. The number of nitrogens with one attached hydrogen (secondary N) is 1. The molecule has 1 unspecified atom stereocenters. The van der Waals surface area contributed by atoms with E-state index in [0.717, 1.165) is 24.0 Å². The Kier molecular flexibility index (Phi) is 3.33. The van der Waals surface area contributed by atoms with E-state index in [2.05, 4.69) is 30.9 Å². The van der Waals surface area contributed by atoms with Crippen LogP contribution in [0.5, 0.6) is 0 Å². The fraction of sp³-hybridized carbons (Fsp3) is 0.333. The summed E-state index contributed by atoms with van der Waals surface area (Å²) in [5, 5.41) is 18.2. The molecule has 9 heteroatoms. The number of hydrogen-bond acceptors (Lipinski definition) is 7. The first kappa shape index (κ1) is 14.5. The summed E-state index contributed by atoms with van der Waals surface area (Å²) in [5.41, 5.74) is 3.18. The Balaban J connectivity index is 1.55. The molecule has 0 spiro atoms. The van der Waals surface area contributed by atoms with E-state index in [1.807, 2.05) is 18.2 Å². The predicted molar refractivity (Wildman–Crippen MR) is 81.8 cm³/mol. The van der Waals surface area contributed by atoms with Gasteiger partial charge in [-0.05, 0) is 35.2 Å². The topological polar surface area (TPSA) is 112 Å². The molecule has 1 aromatic carbocycles. The van der Waals surface area contributed by atoms with Crippen LogP contribution in [0, 0.1) is 6.92 Å². The molecule has 0 saturated carbocycles. The summed E-state index contributed by atoms with van der Waals surface area (Å²) >= 11 is 0. The van der Waals surface area contributed by atoms with E-state index in [9.17, 15) is 4.79 Å². The molecule has 0 saturated heterocycles. The highest BCUT2D eigenvalue weighted by atomic mass is 16.5. The van der Waals surface area contributed by atoms with Gasteiger partial charge >= 0.3 is 0 Å². The normalized spacial score (nSPS) is 16.2. The van der Waals surface area contributed by atoms with Crippen molar-refractivity contribution >= 4 is 5.91 Å². The van der Waals surface area contributed by atoms with E-state index in [4.69, 9.17) is 4.52 Å². The van der Waals surface area contributed by atoms with E-state index >= 15 is 0 Å². The van der Waals surface area contributed by atoms with Gasteiger partial charge in [0.15, 0.2) is 0 Å². The van der Waals surface area contributed by atoms with Gasteiger partial charge < -0.3 is 9.84 Å². The second kappa shape index (κ2) is 5.52. The fourth-order valence-electron chi connectivity index (χ4n) is 2.92. The first-order valence-corrected chi connectivity index (χ1v) is 7.58. The number of benzene rings is 1. The summed E-state index contributed by atoms with van der Waals surface area (Å²) in [6.45, 7) is 1.76. The molecular weight excluding hydrogens is 310 g/mol. The van der Waals surface area contributed by atoms with E-state index < -0.39 is 0 Å². The summed E-state index contributed by atoms with van der Waals surface area (Å²) < 4.78 is 5.02. The van der Waals surface area contributed by atoms with Crippen LogP contribution in [-0.4, -0.2) is 36.3 Å². The van der Waals surface area contributed by atoms with Crippen LogP contribution in [-0.2, 0) is 13.5 Å². The second-order valence-electron chi connectivity index (χ2n) is 5.72. The molecule has 0 radical (unpaired) electrons. The number of aromatic nitrogens is 6. The van der Waals surface area contributed by atoms with Gasteiger partial charge in [-0.3, -0.25) is 4.79 Å². The van der Waals surface area contributed by atoms with Crippen molar-refractivity contribution in [2.75, 3.05) is 0 Å². The quantitative estimate of drug-likeness (QED) is 0.764. The van der Waals surface area contributed by atoms with E-state index in [1.165, 1.54) is 10.4 Å². The van der Waals surface area contributed by atoms with Gasteiger partial charge in [0.1, 0.15) is 0 Å². The molecule has 122 valence electrons. The van der Waals surface area contributed by atoms with Crippen LogP contribution in [0.4, 0.5) is 0 Å². The summed E-state index contributed by atoms with van der Waals surface area (Å²) in [6.07, 6.45) is 1.70. The minimum absolute atomic E-state index is 0.0580. The van der Waals surface area contributed by atoms with Gasteiger partial charge in [-0.2, -0.15) is 9.78 Å². The zero-order valence-corrected chi connectivity index (χ0v) is 13.2. The average molecular weight is 325 g/mol. The molecule has 9 nitrogen and oxygen atoms in total. The number of hydrogen-bond donors (Lipinski definition) is 1.